The number of carbonyl (C=O) groups is 1. The van der Waals surface area contributed by atoms with Crippen molar-refractivity contribution in [3.05, 3.63) is 36.4 Å². The van der Waals surface area contributed by atoms with Crippen LogP contribution < -0.4 is 0 Å². The molecular formula is C16H17N3O2. The zero-order valence-corrected chi connectivity index (χ0v) is 11.8. The van der Waals surface area contributed by atoms with Gasteiger partial charge in [0, 0.05) is 6.20 Å². The molecule has 1 fully saturated rings. The number of hydrogen-bond donors (Lipinski definition) is 0. The number of hydrogen-bond acceptors (Lipinski definition) is 4. The Morgan fingerprint density at radius 2 is 2.24 bits per heavy atom. The molecule has 0 spiro atoms. The highest BCUT2D eigenvalue weighted by atomic mass is 16.5. The first-order valence-corrected chi connectivity index (χ1v) is 7.23. The summed E-state index contributed by atoms with van der Waals surface area (Å²) in [5.74, 6) is -0.376. The highest BCUT2D eigenvalue weighted by Crippen LogP contribution is 2.36. The van der Waals surface area contributed by atoms with Gasteiger partial charge in [0.15, 0.2) is 0 Å². The molecule has 2 aromatic rings. The van der Waals surface area contributed by atoms with E-state index in [1.165, 1.54) is 0 Å². The second kappa shape index (κ2) is 5.57. The van der Waals surface area contributed by atoms with Gasteiger partial charge in [-0.25, -0.2) is 9.78 Å². The van der Waals surface area contributed by atoms with Crippen molar-refractivity contribution in [2.75, 3.05) is 6.61 Å². The van der Waals surface area contributed by atoms with E-state index in [1.54, 1.807) is 30.9 Å². The van der Waals surface area contributed by atoms with Crippen molar-refractivity contribution >= 4 is 11.5 Å². The maximum absolute atomic E-state index is 12.1. The summed E-state index contributed by atoms with van der Waals surface area (Å²) in [6.07, 6.45) is 10.0. The van der Waals surface area contributed by atoms with E-state index < -0.39 is 5.41 Å². The monoisotopic (exact) mass is 283 g/mol. The van der Waals surface area contributed by atoms with E-state index >= 15 is 0 Å². The number of pyridine rings is 1. The van der Waals surface area contributed by atoms with Crippen molar-refractivity contribution < 1.29 is 9.53 Å². The maximum atomic E-state index is 12.1. The Kier molecular flexibility index (Phi) is 3.61. The number of nitriles is 1. The number of esters is 1. The topological polar surface area (TPSA) is 67.4 Å². The molecule has 0 aliphatic heterocycles. The summed E-state index contributed by atoms with van der Waals surface area (Å²) in [5.41, 5.74) is 0.846. The fraction of sp³-hybridized carbons (Fsp3) is 0.438. The number of aromatic nitrogens is 2. The van der Waals surface area contributed by atoms with Crippen LogP contribution in [0.25, 0.3) is 5.52 Å². The molecule has 0 bridgehead atoms. The number of imidazole rings is 1. The number of rotatable bonds is 3. The van der Waals surface area contributed by atoms with Crippen LogP contribution in [-0.2, 0) is 4.74 Å². The zero-order chi connectivity index (χ0) is 14.7. The molecule has 0 atom stereocenters. The minimum atomic E-state index is -0.491. The highest BCUT2D eigenvalue weighted by molar-refractivity contribution is 5.90. The van der Waals surface area contributed by atoms with Crippen molar-refractivity contribution in [1.29, 1.82) is 5.26 Å². The van der Waals surface area contributed by atoms with Gasteiger partial charge in [0.05, 0.1) is 35.1 Å². The largest absolute Gasteiger partial charge is 0.460 e. The second-order valence-electron chi connectivity index (χ2n) is 5.67. The molecule has 5 heteroatoms. The first-order valence-electron chi connectivity index (χ1n) is 7.23. The molecule has 2 aromatic heterocycles. The number of fused-ring (bicyclic) bond motifs is 1. The molecular weight excluding hydrogens is 266 g/mol. The lowest BCUT2D eigenvalue weighted by Crippen LogP contribution is -2.29. The van der Waals surface area contributed by atoms with E-state index in [4.69, 9.17) is 4.74 Å². The van der Waals surface area contributed by atoms with Crippen molar-refractivity contribution in [2.45, 2.75) is 32.1 Å². The van der Waals surface area contributed by atoms with Crippen molar-refractivity contribution in [3.63, 3.8) is 0 Å². The van der Waals surface area contributed by atoms with E-state index in [9.17, 15) is 10.1 Å². The summed E-state index contributed by atoms with van der Waals surface area (Å²) in [4.78, 5) is 16.2. The van der Waals surface area contributed by atoms with Crippen LogP contribution in [0.2, 0.25) is 0 Å². The van der Waals surface area contributed by atoms with Crippen LogP contribution in [0.5, 0.6) is 0 Å². The van der Waals surface area contributed by atoms with Gasteiger partial charge < -0.3 is 9.14 Å². The second-order valence-corrected chi connectivity index (χ2v) is 5.67. The first-order chi connectivity index (χ1) is 10.2. The minimum absolute atomic E-state index is 0.187. The zero-order valence-electron chi connectivity index (χ0n) is 11.8. The Balaban J connectivity index is 1.69. The molecule has 5 nitrogen and oxygen atoms in total. The lowest BCUT2D eigenvalue weighted by atomic mass is 9.76. The van der Waals surface area contributed by atoms with Gasteiger partial charge in [-0.3, -0.25) is 0 Å². The summed E-state index contributed by atoms with van der Waals surface area (Å²) in [7, 11) is 0. The van der Waals surface area contributed by atoms with Gasteiger partial charge >= 0.3 is 5.97 Å². The van der Waals surface area contributed by atoms with Gasteiger partial charge in [0.25, 0.3) is 0 Å². The van der Waals surface area contributed by atoms with Crippen molar-refractivity contribution in [3.8, 4) is 6.07 Å². The molecule has 0 amide bonds. The van der Waals surface area contributed by atoms with Crippen LogP contribution in [0.1, 0.15) is 42.5 Å². The molecule has 1 aliphatic carbocycles. The normalized spacial score (nSPS) is 17.3. The van der Waals surface area contributed by atoms with Crippen LogP contribution >= 0.6 is 0 Å². The fourth-order valence-electron chi connectivity index (χ4n) is 2.85. The predicted octanol–water partition coefficient (Wildman–Crippen LogP) is 2.97. The van der Waals surface area contributed by atoms with Crippen molar-refractivity contribution in [1.82, 2.24) is 9.38 Å². The quantitative estimate of drug-likeness (QED) is 0.812. The molecule has 1 aliphatic rings. The molecule has 108 valence electrons. The summed E-state index contributed by atoms with van der Waals surface area (Å²) in [6.45, 7) is 0.187. The molecule has 1 saturated carbocycles. The summed E-state index contributed by atoms with van der Waals surface area (Å²) in [6, 6.07) is 5.81. The van der Waals surface area contributed by atoms with Crippen molar-refractivity contribution in [2.24, 2.45) is 5.41 Å². The summed E-state index contributed by atoms with van der Waals surface area (Å²) >= 11 is 0. The molecule has 21 heavy (non-hydrogen) atoms. The Bertz CT molecular complexity index is 693. The van der Waals surface area contributed by atoms with E-state index in [0.29, 0.717) is 5.56 Å². The van der Waals surface area contributed by atoms with E-state index in [1.807, 2.05) is 4.40 Å². The minimum Gasteiger partial charge on any atom is -0.460 e. The number of nitrogens with zero attached hydrogens (tertiary/aromatic N) is 3. The molecule has 0 unspecified atom stereocenters. The summed E-state index contributed by atoms with van der Waals surface area (Å²) in [5, 5.41) is 9.39. The third-order valence-electron chi connectivity index (χ3n) is 4.18. The Morgan fingerprint density at radius 1 is 1.43 bits per heavy atom. The van der Waals surface area contributed by atoms with Crippen LogP contribution in [0.15, 0.2) is 30.9 Å². The average molecular weight is 283 g/mol. The Labute approximate surface area is 123 Å². The molecule has 3 rings (SSSR count). The first kappa shape index (κ1) is 13.6. The molecule has 0 N–H and O–H groups in total. The van der Waals surface area contributed by atoms with Crippen LogP contribution in [0, 0.1) is 16.7 Å². The maximum Gasteiger partial charge on any atom is 0.338 e. The predicted molar refractivity (Wildman–Crippen MR) is 76.6 cm³/mol. The molecule has 2 heterocycles. The third-order valence-corrected chi connectivity index (χ3v) is 4.18. The molecule has 0 radical (unpaired) electrons. The van der Waals surface area contributed by atoms with E-state index in [0.717, 1.165) is 37.6 Å². The molecule has 0 aromatic carbocycles. The third kappa shape index (κ3) is 2.75. The van der Waals surface area contributed by atoms with Gasteiger partial charge in [-0.15, -0.1) is 0 Å². The lowest BCUT2D eigenvalue weighted by Gasteiger charge is -2.29. The van der Waals surface area contributed by atoms with Gasteiger partial charge in [-0.1, -0.05) is 19.3 Å². The van der Waals surface area contributed by atoms with Gasteiger partial charge in [-0.05, 0) is 25.0 Å². The van der Waals surface area contributed by atoms with Gasteiger partial charge in [0.1, 0.15) is 6.61 Å². The lowest BCUT2D eigenvalue weighted by molar-refractivity contribution is 0.0313. The Hall–Kier alpha value is -2.35. The van der Waals surface area contributed by atoms with Gasteiger partial charge in [-0.2, -0.15) is 5.26 Å². The van der Waals surface area contributed by atoms with E-state index in [-0.39, 0.29) is 12.6 Å². The van der Waals surface area contributed by atoms with Crippen LogP contribution in [0.3, 0.4) is 0 Å². The summed E-state index contributed by atoms with van der Waals surface area (Å²) < 4.78 is 7.22. The van der Waals surface area contributed by atoms with Crippen LogP contribution in [0.4, 0.5) is 0 Å². The number of carbonyl (C=O) groups excluding carboxylic acids is 1. The molecule has 0 saturated heterocycles. The van der Waals surface area contributed by atoms with E-state index in [2.05, 4.69) is 11.1 Å². The highest BCUT2D eigenvalue weighted by Gasteiger charge is 2.33. The fourth-order valence-corrected chi connectivity index (χ4v) is 2.85. The number of ether oxygens (including phenoxy) is 1. The van der Waals surface area contributed by atoms with Crippen LogP contribution in [-0.4, -0.2) is 22.0 Å². The SMILES string of the molecule is N#CC1(COC(=O)c2ccn3cncc3c2)CCCCC1. The Morgan fingerprint density at radius 3 is 3.00 bits per heavy atom. The smallest absolute Gasteiger partial charge is 0.338 e. The van der Waals surface area contributed by atoms with Gasteiger partial charge in [0.2, 0.25) is 0 Å². The average Bonchev–Trinajstić information content (AvgIpc) is 3.01. The standard InChI is InChI=1S/C16H17N3O2/c17-10-16(5-2-1-3-6-16)11-21-15(20)13-4-7-19-12-18-9-14(19)8-13/h4,7-9,12H,1-3,5-6,11H2.